The minimum atomic E-state index is -0.211. The Labute approximate surface area is 95.7 Å². The summed E-state index contributed by atoms with van der Waals surface area (Å²) < 4.78 is 2.06. The van der Waals surface area contributed by atoms with Crippen LogP contribution in [0, 0.1) is 5.41 Å². The van der Waals surface area contributed by atoms with Crippen molar-refractivity contribution in [1.82, 2.24) is 4.57 Å². The van der Waals surface area contributed by atoms with Crippen LogP contribution in [0.4, 0.5) is 0 Å². The zero-order chi connectivity index (χ0) is 11.8. The number of rotatable bonds is 1. The van der Waals surface area contributed by atoms with Crippen LogP contribution in [-0.4, -0.2) is 15.8 Å². The average Bonchev–Trinajstić information content (AvgIpc) is 2.23. The van der Waals surface area contributed by atoms with Gasteiger partial charge in [0.25, 0.3) is 0 Å². The van der Waals surface area contributed by atoms with Gasteiger partial charge in [-0.05, 0) is 24.7 Å². The van der Waals surface area contributed by atoms with E-state index in [0.29, 0.717) is 0 Å². The van der Waals surface area contributed by atoms with E-state index in [2.05, 4.69) is 18.4 Å². The van der Waals surface area contributed by atoms with E-state index >= 15 is 0 Å². The second kappa shape index (κ2) is 4.06. The van der Waals surface area contributed by atoms with Gasteiger partial charge in [-0.2, -0.15) is 0 Å². The number of nitrogens with zero attached hydrogens (tertiary/aromatic N) is 1. The first kappa shape index (κ1) is 11.4. The third-order valence-corrected chi connectivity index (χ3v) is 3.70. The van der Waals surface area contributed by atoms with Crippen molar-refractivity contribution in [2.75, 3.05) is 0 Å². The standard InChI is InChI=1S/C13H19NO2/c1-13(2)6-3-11(16)9-12(13)14-7-4-10(15)5-8-14/h4-5,7-8,11-12,16H,3,6,9H2,1-2H3. The van der Waals surface area contributed by atoms with Gasteiger partial charge in [-0.15, -0.1) is 0 Å². The van der Waals surface area contributed by atoms with Crippen molar-refractivity contribution in [2.24, 2.45) is 5.41 Å². The van der Waals surface area contributed by atoms with Gasteiger partial charge in [-0.1, -0.05) is 13.8 Å². The molecule has 2 rings (SSSR count). The second-order valence-corrected chi connectivity index (χ2v) is 5.41. The number of pyridine rings is 1. The molecule has 0 radical (unpaired) electrons. The molecule has 0 amide bonds. The first-order valence-electron chi connectivity index (χ1n) is 5.85. The van der Waals surface area contributed by atoms with Crippen molar-refractivity contribution in [3.8, 4) is 0 Å². The van der Waals surface area contributed by atoms with Crippen LogP contribution in [0.15, 0.2) is 29.3 Å². The molecule has 3 nitrogen and oxygen atoms in total. The van der Waals surface area contributed by atoms with E-state index in [1.807, 2.05) is 12.4 Å². The summed E-state index contributed by atoms with van der Waals surface area (Å²) in [6, 6.07) is 3.44. The summed E-state index contributed by atoms with van der Waals surface area (Å²) in [5.41, 5.74) is 0.208. The Bertz CT molecular complexity index is 402. The Morgan fingerprint density at radius 1 is 1.38 bits per heavy atom. The molecular formula is C13H19NO2. The Kier molecular flexibility index (Phi) is 2.89. The lowest BCUT2D eigenvalue weighted by Gasteiger charge is -2.42. The predicted octanol–water partition coefficient (Wildman–Crippen LogP) is 1.96. The minimum Gasteiger partial charge on any atom is -0.393 e. The molecule has 0 aromatic carbocycles. The van der Waals surface area contributed by atoms with Gasteiger partial charge in [0.2, 0.25) is 0 Å². The van der Waals surface area contributed by atoms with Gasteiger partial charge in [0.15, 0.2) is 5.43 Å². The number of aromatic nitrogens is 1. The summed E-state index contributed by atoms with van der Waals surface area (Å²) in [4.78, 5) is 11.1. The molecule has 1 aliphatic carbocycles. The predicted molar refractivity (Wildman–Crippen MR) is 63.4 cm³/mol. The molecule has 0 saturated heterocycles. The number of hydrogen-bond acceptors (Lipinski definition) is 2. The fraction of sp³-hybridized carbons (Fsp3) is 0.615. The Morgan fingerprint density at radius 2 is 2.00 bits per heavy atom. The van der Waals surface area contributed by atoms with Gasteiger partial charge < -0.3 is 9.67 Å². The monoisotopic (exact) mass is 221 g/mol. The SMILES string of the molecule is CC1(C)CCC(O)CC1n1ccc(=O)cc1. The summed E-state index contributed by atoms with van der Waals surface area (Å²) in [7, 11) is 0. The maximum Gasteiger partial charge on any atom is 0.181 e. The fourth-order valence-electron chi connectivity index (χ4n) is 2.56. The first-order valence-corrected chi connectivity index (χ1v) is 5.85. The van der Waals surface area contributed by atoms with Gasteiger partial charge >= 0.3 is 0 Å². The van der Waals surface area contributed by atoms with E-state index in [1.54, 1.807) is 12.1 Å². The molecular weight excluding hydrogens is 202 g/mol. The summed E-state index contributed by atoms with van der Waals surface area (Å²) in [6.45, 7) is 4.45. The molecule has 3 heteroatoms. The lowest BCUT2D eigenvalue weighted by Crippen LogP contribution is -2.36. The number of aliphatic hydroxyl groups excluding tert-OH is 1. The Balaban J connectivity index is 2.30. The highest BCUT2D eigenvalue weighted by molar-refractivity contribution is 4.99. The topological polar surface area (TPSA) is 42.2 Å². The quantitative estimate of drug-likeness (QED) is 0.787. The van der Waals surface area contributed by atoms with Gasteiger partial charge in [-0.25, -0.2) is 0 Å². The Hall–Kier alpha value is -1.09. The molecule has 88 valence electrons. The van der Waals surface area contributed by atoms with E-state index in [4.69, 9.17) is 0 Å². The third-order valence-electron chi connectivity index (χ3n) is 3.70. The van der Waals surface area contributed by atoms with Crippen molar-refractivity contribution in [3.05, 3.63) is 34.7 Å². The molecule has 1 aliphatic rings. The molecule has 16 heavy (non-hydrogen) atoms. The van der Waals surface area contributed by atoms with E-state index < -0.39 is 0 Å². The maximum absolute atomic E-state index is 11.1. The molecule has 2 atom stereocenters. The van der Waals surface area contributed by atoms with Crippen molar-refractivity contribution in [1.29, 1.82) is 0 Å². The highest BCUT2D eigenvalue weighted by atomic mass is 16.3. The number of aliphatic hydroxyl groups is 1. The van der Waals surface area contributed by atoms with Gasteiger partial charge in [0, 0.05) is 30.6 Å². The largest absolute Gasteiger partial charge is 0.393 e. The van der Waals surface area contributed by atoms with Crippen LogP contribution in [-0.2, 0) is 0 Å². The van der Waals surface area contributed by atoms with E-state index in [-0.39, 0.29) is 23.0 Å². The zero-order valence-electron chi connectivity index (χ0n) is 9.89. The summed E-state index contributed by atoms with van der Waals surface area (Å²) in [6.07, 6.45) is 6.11. The average molecular weight is 221 g/mol. The van der Waals surface area contributed by atoms with Crippen LogP contribution in [0.1, 0.15) is 39.2 Å². The summed E-state index contributed by atoms with van der Waals surface area (Å²) >= 11 is 0. The van der Waals surface area contributed by atoms with Crippen LogP contribution in [0.25, 0.3) is 0 Å². The van der Waals surface area contributed by atoms with E-state index in [0.717, 1.165) is 19.3 Å². The van der Waals surface area contributed by atoms with Crippen LogP contribution in [0.2, 0.25) is 0 Å². The van der Waals surface area contributed by atoms with Crippen molar-refractivity contribution in [2.45, 2.75) is 45.3 Å². The van der Waals surface area contributed by atoms with Crippen molar-refractivity contribution in [3.63, 3.8) is 0 Å². The molecule has 0 spiro atoms. The lowest BCUT2D eigenvalue weighted by molar-refractivity contribution is 0.0341. The molecule has 2 unspecified atom stereocenters. The molecule has 1 fully saturated rings. The van der Waals surface area contributed by atoms with Crippen LogP contribution in [0.5, 0.6) is 0 Å². The molecule has 1 saturated carbocycles. The highest BCUT2D eigenvalue weighted by Gasteiger charge is 2.36. The first-order chi connectivity index (χ1) is 7.49. The second-order valence-electron chi connectivity index (χ2n) is 5.41. The van der Waals surface area contributed by atoms with E-state index in [1.165, 1.54) is 0 Å². The van der Waals surface area contributed by atoms with Crippen molar-refractivity contribution < 1.29 is 5.11 Å². The normalized spacial score (nSPS) is 28.9. The molecule has 0 aliphatic heterocycles. The Morgan fingerprint density at radius 3 is 2.62 bits per heavy atom. The fourth-order valence-corrected chi connectivity index (χ4v) is 2.56. The van der Waals surface area contributed by atoms with Crippen LogP contribution >= 0.6 is 0 Å². The van der Waals surface area contributed by atoms with Gasteiger partial charge in [-0.3, -0.25) is 4.79 Å². The maximum atomic E-state index is 11.1. The van der Waals surface area contributed by atoms with Gasteiger partial charge in [0.05, 0.1) is 6.10 Å². The van der Waals surface area contributed by atoms with Crippen LogP contribution in [0.3, 0.4) is 0 Å². The molecule has 1 aromatic heterocycles. The third kappa shape index (κ3) is 2.19. The van der Waals surface area contributed by atoms with E-state index in [9.17, 15) is 9.90 Å². The smallest absolute Gasteiger partial charge is 0.181 e. The lowest BCUT2D eigenvalue weighted by atomic mass is 9.72. The van der Waals surface area contributed by atoms with Crippen LogP contribution < -0.4 is 5.43 Å². The summed E-state index contributed by atoms with van der Waals surface area (Å²) in [5, 5.41) is 9.75. The number of hydrogen-bond donors (Lipinski definition) is 1. The molecule has 1 heterocycles. The highest BCUT2D eigenvalue weighted by Crippen LogP contribution is 2.43. The molecule has 1 N–H and O–H groups in total. The molecule has 1 aromatic rings. The minimum absolute atomic E-state index is 0.0328. The zero-order valence-corrected chi connectivity index (χ0v) is 9.89. The van der Waals surface area contributed by atoms with Crippen molar-refractivity contribution >= 4 is 0 Å². The van der Waals surface area contributed by atoms with Gasteiger partial charge in [0.1, 0.15) is 0 Å². The summed E-state index contributed by atoms with van der Waals surface area (Å²) in [5.74, 6) is 0. The molecule has 0 bridgehead atoms.